The van der Waals surface area contributed by atoms with Crippen molar-refractivity contribution in [2.24, 2.45) is 5.41 Å². The topological polar surface area (TPSA) is 76.4 Å². The molecule has 1 unspecified atom stereocenters. The summed E-state index contributed by atoms with van der Waals surface area (Å²) in [6.07, 6.45) is 0.218. The number of methoxy groups -OCH3 is 1. The fourth-order valence-electron chi connectivity index (χ4n) is 2.85. The lowest BCUT2D eigenvalue weighted by atomic mass is 9.87. The molecular formula is C19H27N3O3. The second-order valence-electron chi connectivity index (χ2n) is 7.18. The van der Waals surface area contributed by atoms with Gasteiger partial charge >= 0.3 is 0 Å². The Morgan fingerprint density at radius 1 is 1.36 bits per heavy atom. The number of hydrogen-bond acceptors (Lipinski definition) is 4. The van der Waals surface area contributed by atoms with Crippen LogP contribution in [0, 0.1) is 12.3 Å². The van der Waals surface area contributed by atoms with Crippen molar-refractivity contribution < 1.29 is 14.6 Å². The van der Waals surface area contributed by atoms with Crippen LogP contribution in [0.25, 0.3) is 5.69 Å². The molecule has 2 N–H and O–H groups in total. The summed E-state index contributed by atoms with van der Waals surface area (Å²) in [7, 11) is 1.62. The molecule has 2 rings (SSSR count). The lowest BCUT2D eigenvalue weighted by Gasteiger charge is -2.26. The SMILES string of the molecule is COc1ccc(-n2nc(C(=O)NCC(C)(C)CC(C)O)cc2C)cc1. The quantitative estimate of drug-likeness (QED) is 0.809. The zero-order chi connectivity index (χ0) is 18.6. The van der Waals surface area contributed by atoms with Crippen LogP contribution < -0.4 is 10.1 Å². The molecule has 0 bridgehead atoms. The molecule has 0 aliphatic rings. The molecule has 25 heavy (non-hydrogen) atoms. The lowest BCUT2D eigenvalue weighted by molar-refractivity contribution is 0.0897. The minimum atomic E-state index is -0.400. The number of carbonyl (C=O) groups is 1. The fraction of sp³-hybridized carbons (Fsp3) is 0.474. The van der Waals surface area contributed by atoms with Crippen LogP contribution in [0.2, 0.25) is 0 Å². The Kier molecular flexibility index (Phi) is 5.85. The Morgan fingerprint density at radius 2 is 2.00 bits per heavy atom. The normalized spacial score (nSPS) is 12.7. The second-order valence-corrected chi connectivity index (χ2v) is 7.18. The molecule has 1 amide bonds. The molecule has 1 atom stereocenters. The van der Waals surface area contributed by atoms with Crippen LogP contribution in [0.4, 0.5) is 0 Å². The highest BCUT2D eigenvalue weighted by molar-refractivity contribution is 5.92. The number of aliphatic hydroxyl groups is 1. The highest BCUT2D eigenvalue weighted by Crippen LogP contribution is 2.21. The summed E-state index contributed by atoms with van der Waals surface area (Å²) in [5.74, 6) is 0.556. The second kappa shape index (κ2) is 7.70. The van der Waals surface area contributed by atoms with E-state index in [-0.39, 0.29) is 11.3 Å². The summed E-state index contributed by atoms with van der Waals surface area (Å²) in [5, 5.41) is 16.9. The number of nitrogens with one attached hydrogen (secondary N) is 1. The van der Waals surface area contributed by atoms with E-state index in [4.69, 9.17) is 4.74 Å². The van der Waals surface area contributed by atoms with Gasteiger partial charge < -0.3 is 15.2 Å². The minimum Gasteiger partial charge on any atom is -0.497 e. The van der Waals surface area contributed by atoms with Crippen molar-refractivity contribution in [3.8, 4) is 11.4 Å². The molecule has 0 aliphatic heterocycles. The number of aliphatic hydroxyl groups excluding tert-OH is 1. The van der Waals surface area contributed by atoms with Crippen LogP contribution >= 0.6 is 0 Å². The highest BCUT2D eigenvalue weighted by Gasteiger charge is 2.22. The lowest BCUT2D eigenvalue weighted by Crippen LogP contribution is -2.35. The summed E-state index contributed by atoms with van der Waals surface area (Å²) in [5.41, 5.74) is 1.93. The summed E-state index contributed by atoms with van der Waals surface area (Å²) >= 11 is 0. The Bertz CT molecular complexity index is 718. The molecule has 2 aromatic rings. The molecule has 1 heterocycles. The Hall–Kier alpha value is -2.34. The van der Waals surface area contributed by atoms with E-state index in [0.717, 1.165) is 17.1 Å². The molecule has 0 fully saturated rings. The van der Waals surface area contributed by atoms with E-state index in [1.54, 1.807) is 24.8 Å². The molecule has 0 saturated carbocycles. The Balaban J connectivity index is 2.09. The molecule has 0 saturated heterocycles. The van der Waals surface area contributed by atoms with Crippen molar-refractivity contribution in [3.05, 3.63) is 41.7 Å². The zero-order valence-corrected chi connectivity index (χ0v) is 15.5. The van der Waals surface area contributed by atoms with Crippen LogP contribution in [0.15, 0.2) is 30.3 Å². The number of carbonyl (C=O) groups excluding carboxylic acids is 1. The van der Waals surface area contributed by atoms with Gasteiger partial charge in [-0.2, -0.15) is 5.10 Å². The van der Waals surface area contributed by atoms with Gasteiger partial charge in [0.25, 0.3) is 5.91 Å². The molecule has 0 radical (unpaired) electrons. The van der Waals surface area contributed by atoms with Gasteiger partial charge in [0.2, 0.25) is 0 Å². The number of amides is 1. The van der Waals surface area contributed by atoms with E-state index in [9.17, 15) is 9.90 Å². The minimum absolute atomic E-state index is 0.183. The average Bonchev–Trinajstić information content (AvgIpc) is 2.93. The number of hydrogen-bond donors (Lipinski definition) is 2. The van der Waals surface area contributed by atoms with Crippen LogP contribution in [-0.4, -0.2) is 40.6 Å². The van der Waals surface area contributed by atoms with Crippen molar-refractivity contribution in [2.45, 2.75) is 40.2 Å². The first-order valence-corrected chi connectivity index (χ1v) is 8.39. The molecular weight excluding hydrogens is 318 g/mol. The zero-order valence-electron chi connectivity index (χ0n) is 15.5. The van der Waals surface area contributed by atoms with Gasteiger partial charge in [-0.05, 0) is 56.0 Å². The number of rotatable bonds is 7. The number of ether oxygens (including phenoxy) is 1. The first kappa shape index (κ1) is 19.0. The van der Waals surface area contributed by atoms with Gasteiger partial charge in [0, 0.05) is 12.2 Å². The largest absolute Gasteiger partial charge is 0.497 e. The van der Waals surface area contributed by atoms with Crippen molar-refractivity contribution in [3.63, 3.8) is 0 Å². The third-order valence-electron chi connectivity index (χ3n) is 4.01. The van der Waals surface area contributed by atoms with Crippen molar-refractivity contribution in [1.29, 1.82) is 0 Å². The summed E-state index contributed by atoms with van der Waals surface area (Å²) in [6.45, 7) is 8.17. The summed E-state index contributed by atoms with van der Waals surface area (Å²) in [4.78, 5) is 12.4. The molecule has 1 aromatic heterocycles. The number of aromatic nitrogens is 2. The predicted octanol–water partition coefficient (Wildman–Crippen LogP) is 2.72. The third kappa shape index (κ3) is 5.06. The summed E-state index contributed by atoms with van der Waals surface area (Å²) < 4.78 is 6.89. The standard InChI is InChI=1S/C19H27N3O3/c1-13-10-17(18(24)20-12-19(3,4)11-14(2)23)21-22(13)15-6-8-16(25-5)9-7-15/h6-10,14,23H,11-12H2,1-5H3,(H,20,24). The van der Waals surface area contributed by atoms with Gasteiger partial charge in [0.1, 0.15) is 5.75 Å². The van der Waals surface area contributed by atoms with Crippen LogP contribution in [0.5, 0.6) is 5.75 Å². The van der Waals surface area contributed by atoms with Gasteiger partial charge in [0.05, 0.1) is 18.9 Å². The smallest absolute Gasteiger partial charge is 0.271 e. The van der Waals surface area contributed by atoms with E-state index >= 15 is 0 Å². The first-order valence-electron chi connectivity index (χ1n) is 8.39. The first-order chi connectivity index (χ1) is 11.7. The Morgan fingerprint density at radius 3 is 2.56 bits per heavy atom. The van der Waals surface area contributed by atoms with E-state index in [0.29, 0.717) is 18.7 Å². The van der Waals surface area contributed by atoms with Crippen LogP contribution in [0.3, 0.4) is 0 Å². The van der Waals surface area contributed by atoms with Crippen LogP contribution in [-0.2, 0) is 0 Å². The molecule has 6 heteroatoms. The molecule has 0 aliphatic carbocycles. The maximum Gasteiger partial charge on any atom is 0.271 e. The Labute approximate surface area is 148 Å². The number of benzene rings is 1. The van der Waals surface area contributed by atoms with Crippen molar-refractivity contribution >= 4 is 5.91 Å². The van der Waals surface area contributed by atoms with Gasteiger partial charge in [-0.15, -0.1) is 0 Å². The molecule has 1 aromatic carbocycles. The average molecular weight is 345 g/mol. The van der Waals surface area contributed by atoms with E-state index in [2.05, 4.69) is 10.4 Å². The third-order valence-corrected chi connectivity index (χ3v) is 4.01. The molecule has 136 valence electrons. The molecule has 0 spiro atoms. The summed E-state index contributed by atoms with van der Waals surface area (Å²) in [6, 6.07) is 9.27. The van der Waals surface area contributed by atoms with Gasteiger partial charge in [0.15, 0.2) is 5.69 Å². The van der Waals surface area contributed by atoms with Crippen molar-refractivity contribution in [2.75, 3.05) is 13.7 Å². The van der Waals surface area contributed by atoms with Crippen LogP contribution in [0.1, 0.15) is 43.4 Å². The van der Waals surface area contributed by atoms with Gasteiger partial charge in [-0.3, -0.25) is 4.79 Å². The molecule has 6 nitrogen and oxygen atoms in total. The van der Waals surface area contributed by atoms with Crippen molar-refractivity contribution in [1.82, 2.24) is 15.1 Å². The number of aryl methyl sites for hydroxylation is 1. The van der Waals surface area contributed by atoms with E-state index in [1.165, 1.54) is 0 Å². The maximum atomic E-state index is 12.4. The monoisotopic (exact) mass is 345 g/mol. The van der Waals surface area contributed by atoms with E-state index < -0.39 is 6.10 Å². The number of nitrogens with zero attached hydrogens (tertiary/aromatic N) is 2. The fourth-order valence-corrected chi connectivity index (χ4v) is 2.85. The van der Waals surface area contributed by atoms with Gasteiger partial charge in [-0.25, -0.2) is 4.68 Å². The van der Waals surface area contributed by atoms with E-state index in [1.807, 2.05) is 45.0 Å². The highest BCUT2D eigenvalue weighted by atomic mass is 16.5. The predicted molar refractivity (Wildman–Crippen MR) is 97.3 cm³/mol. The maximum absolute atomic E-state index is 12.4. The van der Waals surface area contributed by atoms with Gasteiger partial charge in [-0.1, -0.05) is 13.8 Å².